The molecule has 2 aromatic rings. The molecule has 0 saturated heterocycles. The highest BCUT2D eigenvalue weighted by molar-refractivity contribution is 5.81. The molecule has 0 aliphatic heterocycles. The molecule has 1 heterocycles. The fourth-order valence-electron chi connectivity index (χ4n) is 2.04. The van der Waals surface area contributed by atoms with Gasteiger partial charge in [-0.2, -0.15) is 0 Å². The molecule has 3 nitrogen and oxygen atoms in total. The Hall–Kier alpha value is -1.55. The molecule has 0 unspecified atom stereocenters. The zero-order chi connectivity index (χ0) is 14.2. The average Bonchev–Trinajstić information content (AvgIpc) is 2.69. The number of methoxy groups -OCH3 is 1. The van der Waals surface area contributed by atoms with E-state index in [2.05, 4.69) is 37.4 Å². The number of hydrogen-bond acceptors (Lipinski definition) is 2. The Bertz CT molecular complexity index is 587. The van der Waals surface area contributed by atoms with Crippen molar-refractivity contribution in [2.75, 3.05) is 21.2 Å². The third-order valence-electron chi connectivity index (χ3n) is 3.81. The second-order valence-corrected chi connectivity index (χ2v) is 5.70. The van der Waals surface area contributed by atoms with E-state index in [9.17, 15) is 4.39 Å². The van der Waals surface area contributed by atoms with Crippen molar-refractivity contribution in [1.82, 2.24) is 9.47 Å². The number of aromatic nitrogens is 1. The summed E-state index contributed by atoms with van der Waals surface area (Å²) >= 11 is 0. The normalized spacial score (nSPS) is 12.4. The number of hydrogen-bond donors (Lipinski definition) is 0. The number of ether oxygens (including phenoxy) is 1. The molecule has 0 N–H and O–H groups in total. The lowest BCUT2D eigenvalue weighted by atomic mass is 10.0. The molecular formula is C15H21FN2O. The molecule has 0 aliphatic carbocycles. The van der Waals surface area contributed by atoms with Gasteiger partial charge in [-0.3, -0.25) is 0 Å². The molecule has 0 aliphatic rings. The summed E-state index contributed by atoms with van der Waals surface area (Å²) in [6, 6.07) is 5.22. The summed E-state index contributed by atoms with van der Waals surface area (Å²) < 4.78 is 20.8. The van der Waals surface area contributed by atoms with Gasteiger partial charge in [0.25, 0.3) is 0 Å². The molecule has 0 saturated carbocycles. The number of benzene rings is 1. The summed E-state index contributed by atoms with van der Waals surface area (Å²) in [5.41, 5.74) is 1.02. The van der Waals surface area contributed by atoms with E-state index in [1.165, 1.54) is 13.2 Å². The van der Waals surface area contributed by atoms with Gasteiger partial charge in [0.2, 0.25) is 0 Å². The van der Waals surface area contributed by atoms with Gasteiger partial charge in [0.1, 0.15) is 0 Å². The summed E-state index contributed by atoms with van der Waals surface area (Å²) in [7, 11) is 5.61. The molecule has 0 radical (unpaired) electrons. The predicted molar refractivity (Wildman–Crippen MR) is 76.2 cm³/mol. The van der Waals surface area contributed by atoms with Gasteiger partial charge >= 0.3 is 0 Å². The lowest BCUT2D eigenvalue weighted by Crippen LogP contribution is -2.41. The number of nitrogens with zero attached hydrogens (tertiary/aromatic N) is 2. The highest BCUT2D eigenvalue weighted by Crippen LogP contribution is 2.27. The van der Waals surface area contributed by atoms with E-state index in [0.29, 0.717) is 0 Å². The van der Waals surface area contributed by atoms with Gasteiger partial charge in [-0.1, -0.05) is 0 Å². The molecule has 104 valence electrons. The quantitative estimate of drug-likeness (QED) is 0.844. The third kappa shape index (κ3) is 2.59. The van der Waals surface area contributed by atoms with Gasteiger partial charge < -0.3 is 14.2 Å². The predicted octanol–water partition coefficient (Wildman–Crippen LogP) is 3.13. The van der Waals surface area contributed by atoms with E-state index in [1.54, 1.807) is 6.07 Å². The first kappa shape index (κ1) is 13.9. The Labute approximate surface area is 113 Å². The highest BCUT2D eigenvalue weighted by atomic mass is 19.1. The van der Waals surface area contributed by atoms with Crippen LogP contribution in [0.25, 0.3) is 10.9 Å². The van der Waals surface area contributed by atoms with Crippen molar-refractivity contribution in [3.05, 3.63) is 30.2 Å². The van der Waals surface area contributed by atoms with Crippen molar-refractivity contribution in [2.45, 2.75) is 25.9 Å². The molecule has 19 heavy (non-hydrogen) atoms. The standard InChI is InChI=1S/C15H21FN2O/c1-15(2,17(3)4)10-18-7-6-11-8-12(16)14(19-5)9-13(11)18/h6-9H,10H2,1-5H3. The van der Waals surface area contributed by atoms with Crippen LogP contribution in [0.3, 0.4) is 0 Å². The van der Waals surface area contributed by atoms with E-state index in [1.807, 2.05) is 12.3 Å². The molecule has 0 amide bonds. The molecule has 0 atom stereocenters. The second kappa shape index (κ2) is 4.85. The fourth-order valence-corrected chi connectivity index (χ4v) is 2.04. The maximum absolute atomic E-state index is 13.7. The van der Waals surface area contributed by atoms with E-state index in [-0.39, 0.29) is 17.1 Å². The Morgan fingerprint density at radius 1 is 1.32 bits per heavy atom. The minimum Gasteiger partial charge on any atom is -0.494 e. The van der Waals surface area contributed by atoms with Crippen LogP contribution in [-0.4, -0.2) is 36.2 Å². The fraction of sp³-hybridized carbons (Fsp3) is 0.467. The average molecular weight is 264 g/mol. The Morgan fingerprint density at radius 3 is 2.58 bits per heavy atom. The first-order valence-electron chi connectivity index (χ1n) is 6.35. The van der Waals surface area contributed by atoms with Crippen LogP contribution < -0.4 is 4.74 Å². The summed E-state index contributed by atoms with van der Waals surface area (Å²) in [6.45, 7) is 5.19. The lowest BCUT2D eigenvalue weighted by molar-refractivity contribution is 0.171. The third-order valence-corrected chi connectivity index (χ3v) is 3.81. The van der Waals surface area contributed by atoms with Crippen LogP contribution >= 0.6 is 0 Å². The van der Waals surface area contributed by atoms with E-state index in [0.717, 1.165) is 17.4 Å². The number of halogens is 1. The van der Waals surface area contributed by atoms with Crippen LogP contribution in [-0.2, 0) is 6.54 Å². The maximum Gasteiger partial charge on any atom is 0.165 e. The molecule has 0 fully saturated rings. The van der Waals surface area contributed by atoms with Gasteiger partial charge in [-0.25, -0.2) is 4.39 Å². The molecule has 0 spiro atoms. The van der Waals surface area contributed by atoms with E-state index < -0.39 is 0 Å². The van der Waals surface area contributed by atoms with Crippen molar-refractivity contribution in [3.63, 3.8) is 0 Å². The number of fused-ring (bicyclic) bond motifs is 1. The van der Waals surface area contributed by atoms with Crippen LogP contribution in [0.1, 0.15) is 13.8 Å². The summed E-state index contributed by atoms with van der Waals surface area (Å²) in [6.07, 6.45) is 1.99. The molecule has 2 rings (SSSR count). The first-order chi connectivity index (χ1) is 8.85. The van der Waals surface area contributed by atoms with Crippen molar-refractivity contribution in [3.8, 4) is 5.75 Å². The number of likely N-dealkylation sites (N-methyl/N-ethyl adjacent to an activating group) is 1. The zero-order valence-corrected chi connectivity index (χ0v) is 12.2. The van der Waals surface area contributed by atoms with Crippen molar-refractivity contribution in [1.29, 1.82) is 0 Å². The number of rotatable bonds is 4. The Morgan fingerprint density at radius 2 is 2.00 bits per heavy atom. The van der Waals surface area contributed by atoms with Gasteiger partial charge in [0, 0.05) is 29.7 Å². The maximum atomic E-state index is 13.7. The van der Waals surface area contributed by atoms with E-state index in [4.69, 9.17) is 4.74 Å². The van der Waals surface area contributed by atoms with E-state index >= 15 is 0 Å². The largest absolute Gasteiger partial charge is 0.494 e. The van der Waals surface area contributed by atoms with Crippen molar-refractivity contribution < 1.29 is 9.13 Å². The van der Waals surface area contributed by atoms with Crippen molar-refractivity contribution >= 4 is 10.9 Å². The molecule has 0 bridgehead atoms. The van der Waals surface area contributed by atoms with Crippen LogP contribution in [0.2, 0.25) is 0 Å². The second-order valence-electron chi connectivity index (χ2n) is 5.70. The molecule has 4 heteroatoms. The van der Waals surface area contributed by atoms with Gasteiger partial charge in [-0.15, -0.1) is 0 Å². The minimum atomic E-state index is -0.320. The van der Waals surface area contributed by atoms with Crippen LogP contribution in [0.15, 0.2) is 24.4 Å². The monoisotopic (exact) mass is 264 g/mol. The summed E-state index contributed by atoms with van der Waals surface area (Å²) in [5, 5.41) is 0.896. The molecule has 1 aromatic carbocycles. The SMILES string of the molecule is COc1cc2c(ccn2CC(C)(C)N(C)C)cc1F. The summed E-state index contributed by atoms with van der Waals surface area (Å²) in [4.78, 5) is 2.18. The van der Waals surface area contributed by atoms with Gasteiger partial charge in [0.15, 0.2) is 11.6 Å². The van der Waals surface area contributed by atoms with Crippen molar-refractivity contribution in [2.24, 2.45) is 0 Å². The smallest absolute Gasteiger partial charge is 0.165 e. The first-order valence-corrected chi connectivity index (χ1v) is 6.35. The van der Waals surface area contributed by atoms with Gasteiger partial charge in [0.05, 0.1) is 12.6 Å². The zero-order valence-electron chi connectivity index (χ0n) is 12.2. The minimum absolute atomic E-state index is 0.0214. The molecule has 1 aromatic heterocycles. The topological polar surface area (TPSA) is 17.4 Å². The molecular weight excluding hydrogens is 243 g/mol. The van der Waals surface area contributed by atoms with Gasteiger partial charge in [-0.05, 0) is 40.1 Å². The lowest BCUT2D eigenvalue weighted by Gasteiger charge is -2.33. The van der Waals surface area contributed by atoms with Crippen LogP contribution in [0.4, 0.5) is 4.39 Å². The Balaban J connectivity index is 2.45. The van der Waals surface area contributed by atoms with Crippen LogP contribution in [0, 0.1) is 5.82 Å². The summed E-state index contributed by atoms with van der Waals surface area (Å²) in [5.74, 6) is -0.0327. The van der Waals surface area contributed by atoms with Crippen LogP contribution in [0.5, 0.6) is 5.75 Å². The highest BCUT2D eigenvalue weighted by Gasteiger charge is 2.22. The Kier molecular flexibility index (Phi) is 3.54.